The van der Waals surface area contributed by atoms with Crippen molar-refractivity contribution < 1.29 is 5.11 Å². The summed E-state index contributed by atoms with van der Waals surface area (Å²) in [6.07, 6.45) is 7.12. The van der Waals surface area contributed by atoms with Gasteiger partial charge in [0.2, 0.25) is 0 Å². The molecule has 3 aliphatic carbocycles. The highest BCUT2D eigenvalue weighted by Crippen LogP contribution is 2.59. The first-order chi connectivity index (χ1) is 10.1. The highest BCUT2D eigenvalue weighted by atomic mass is 16.3. The minimum atomic E-state index is 0.240. The second-order valence-corrected chi connectivity index (χ2v) is 7.37. The van der Waals surface area contributed by atoms with Gasteiger partial charge in [0.1, 0.15) is 5.75 Å². The molecular formula is C18H24N2O. The van der Waals surface area contributed by atoms with Crippen molar-refractivity contribution in [3.8, 4) is 5.75 Å². The van der Waals surface area contributed by atoms with Crippen LogP contribution in [0.15, 0.2) is 23.3 Å². The van der Waals surface area contributed by atoms with E-state index in [1.165, 1.54) is 42.5 Å². The maximum absolute atomic E-state index is 9.71. The van der Waals surface area contributed by atoms with Crippen molar-refractivity contribution in [1.82, 2.24) is 0 Å². The van der Waals surface area contributed by atoms with E-state index in [0.717, 1.165) is 24.7 Å². The van der Waals surface area contributed by atoms with Gasteiger partial charge >= 0.3 is 0 Å². The summed E-state index contributed by atoms with van der Waals surface area (Å²) >= 11 is 0. The van der Waals surface area contributed by atoms with Crippen molar-refractivity contribution in [3.05, 3.63) is 29.3 Å². The number of hydrazone groups is 1. The summed E-state index contributed by atoms with van der Waals surface area (Å²) in [5.41, 5.74) is 4.35. The number of hydrogen-bond donors (Lipinski definition) is 2. The van der Waals surface area contributed by atoms with Crippen LogP contribution in [0.3, 0.4) is 0 Å². The molecule has 0 spiro atoms. The van der Waals surface area contributed by atoms with Gasteiger partial charge in [-0.2, -0.15) is 5.10 Å². The number of hydrogen-bond acceptors (Lipinski definition) is 3. The Labute approximate surface area is 126 Å². The zero-order valence-electron chi connectivity index (χ0n) is 12.7. The van der Waals surface area contributed by atoms with Gasteiger partial charge in [0.25, 0.3) is 0 Å². The van der Waals surface area contributed by atoms with Crippen molar-refractivity contribution in [2.45, 2.75) is 51.4 Å². The smallest absolute Gasteiger partial charge is 0.115 e. The molecule has 0 radical (unpaired) electrons. The van der Waals surface area contributed by atoms with Crippen molar-refractivity contribution in [1.29, 1.82) is 0 Å². The van der Waals surface area contributed by atoms with Crippen LogP contribution in [0, 0.1) is 17.3 Å². The minimum Gasteiger partial charge on any atom is -0.508 e. The molecule has 1 aromatic carbocycles. The van der Waals surface area contributed by atoms with E-state index in [0.29, 0.717) is 11.7 Å². The van der Waals surface area contributed by atoms with Crippen LogP contribution in [0.4, 0.5) is 0 Å². The lowest BCUT2D eigenvalue weighted by Crippen LogP contribution is -2.42. The largest absolute Gasteiger partial charge is 0.508 e. The van der Waals surface area contributed by atoms with Crippen LogP contribution < -0.4 is 5.84 Å². The standard InChI is InChI=1S/C18H24N2O/c1-18-9-8-14-13-5-3-12(21)10-11(13)2-4-15(14)16(18)6-7-17(18)20-19/h3,5,10,14-16,21H,2,4,6-9,19H2,1H3/b20-17-/t14-,15-,16+,18+/m1/s1. The first-order valence-electron chi connectivity index (χ1n) is 8.22. The summed E-state index contributed by atoms with van der Waals surface area (Å²) in [7, 11) is 0. The highest BCUT2D eigenvalue weighted by molar-refractivity contribution is 5.92. The van der Waals surface area contributed by atoms with Crippen LogP contribution in [-0.4, -0.2) is 10.8 Å². The second kappa shape index (κ2) is 4.49. The molecule has 3 nitrogen and oxygen atoms in total. The molecule has 0 aromatic heterocycles. The molecule has 0 unspecified atom stereocenters. The molecule has 4 atom stereocenters. The van der Waals surface area contributed by atoms with E-state index in [-0.39, 0.29) is 5.41 Å². The fourth-order valence-corrected chi connectivity index (χ4v) is 5.57. The fourth-order valence-electron chi connectivity index (χ4n) is 5.57. The Morgan fingerprint density at radius 1 is 1.24 bits per heavy atom. The predicted octanol–water partition coefficient (Wildman–Crippen LogP) is 3.56. The Kier molecular flexibility index (Phi) is 2.82. The average molecular weight is 284 g/mol. The van der Waals surface area contributed by atoms with E-state index in [2.05, 4.69) is 18.1 Å². The molecule has 2 saturated carbocycles. The zero-order chi connectivity index (χ0) is 14.6. The third-order valence-electron chi connectivity index (χ3n) is 6.61. The molecule has 21 heavy (non-hydrogen) atoms. The van der Waals surface area contributed by atoms with Gasteiger partial charge in [0, 0.05) is 11.1 Å². The first-order valence-corrected chi connectivity index (χ1v) is 8.22. The topological polar surface area (TPSA) is 58.6 Å². The number of aryl methyl sites for hydroxylation is 1. The second-order valence-electron chi connectivity index (χ2n) is 7.37. The molecule has 0 saturated heterocycles. The molecule has 112 valence electrons. The summed E-state index contributed by atoms with van der Waals surface area (Å²) in [4.78, 5) is 0. The number of rotatable bonds is 0. The SMILES string of the molecule is C[C@]12CC[C@@H]3c4ccc(O)cc4CC[C@H]3[C@@H]1CC/C2=N/N. The lowest BCUT2D eigenvalue weighted by atomic mass is 9.55. The van der Waals surface area contributed by atoms with Gasteiger partial charge in [-0.3, -0.25) is 0 Å². The maximum Gasteiger partial charge on any atom is 0.115 e. The Balaban J connectivity index is 1.72. The zero-order valence-corrected chi connectivity index (χ0v) is 12.7. The Morgan fingerprint density at radius 2 is 2.10 bits per heavy atom. The van der Waals surface area contributed by atoms with Crippen LogP contribution in [-0.2, 0) is 6.42 Å². The van der Waals surface area contributed by atoms with Crippen molar-refractivity contribution in [3.63, 3.8) is 0 Å². The molecule has 0 heterocycles. The summed E-state index contributed by atoms with van der Waals surface area (Å²) in [6.45, 7) is 2.39. The average Bonchev–Trinajstić information content (AvgIpc) is 2.83. The summed E-state index contributed by atoms with van der Waals surface area (Å²) < 4.78 is 0. The number of benzene rings is 1. The third-order valence-corrected chi connectivity index (χ3v) is 6.61. The molecule has 1 aromatic rings. The minimum absolute atomic E-state index is 0.240. The number of nitrogens with zero attached hydrogens (tertiary/aromatic N) is 1. The summed E-state index contributed by atoms with van der Waals surface area (Å²) in [6, 6.07) is 5.99. The Bertz CT molecular complexity index is 609. The van der Waals surface area contributed by atoms with Crippen LogP contribution in [0.5, 0.6) is 5.75 Å². The molecule has 3 heteroatoms. The molecule has 0 bridgehead atoms. The maximum atomic E-state index is 9.71. The van der Waals surface area contributed by atoms with Crippen molar-refractivity contribution in [2.24, 2.45) is 28.2 Å². The van der Waals surface area contributed by atoms with Crippen LogP contribution >= 0.6 is 0 Å². The van der Waals surface area contributed by atoms with E-state index in [4.69, 9.17) is 5.84 Å². The normalized spacial score (nSPS) is 39.7. The van der Waals surface area contributed by atoms with Gasteiger partial charge in [-0.05, 0) is 79.5 Å². The van der Waals surface area contributed by atoms with E-state index < -0.39 is 0 Å². The highest BCUT2D eigenvalue weighted by Gasteiger charge is 2.53. The quantitative estimate of drug-likeness (QED) is 0.565. The number of fused-ring (bicyclic) bond motifs is 5. The molecule has 3 aliphatic rings. The fraction of sp³-hybridized carbons (Fsp3) is 0.611. The monoisotopic (exact) mass is 284 g/mol. The van der Waals surface area contributed by atoms with Gasteiger partial charge in [0.15, 0.2) is 0 Å². The Morgan fingerprint density at radius 3 is 2.90 bits per heavy atom. The lowest BCUT2D eigenvalue weighted by molar-refractivity contribution is 0.0955. The number of phenols is 1. The van der Waals surface area contributed by atoms with Gasteiger partial charge in [0.05, 0.1) is 0 Å². The van der Waals surface area contributed by atoms with E-state index in [1.807, 2.05) is 12.1 Å². The molecule has 0 aliphatic heterocycles. The van der Waals surface area contributed by atoms with Gasteiger partial charge in [-0.15, -0.1) is 0 Å². The van der Waals surface area contributed by atoms with Crippen molar-refractivity contribution >= 4 is 5.71 Å². The van der Waals surface area contributed by atoms with E-state index in [1.54, 1.807) is 0 Å². The number of nitrogens with two attached hydrogens (primary N) is 1. The predicted molar refractivity (Wildman–Crippen MR) is 84.3 cm³/mol. The van der Waals surface area contributed by atoms with E-state index >= 15 is 0 Å². The van der Waals surface area contributed by atoms with Crippen molar-refractivity contribution in [2.75, 3.05) is 0 Å². The van der Waals surface area contributed by atoms with Crippen LogP contribution in [0.1, 0.15) is 56.1 Å². The molecular weight excluding hydrogens is 260 g/mol. The number of phenolic OH excluding ortho intramolecular Hbond substituents is 1. The molecule has 2 fully saturated rings. The Hall–Kier alpha value is -1.51. The van der Waals surface area contributed by atoms with E-state index in [9.17, 15) is 5.11 Å². The van der Waals surface area contributed by atoms with Gasteiger partial charge < -0.3 is 10.9 Å². The molecule has 0 amide bonds. The van der Waals surface area contributed by atoms with Crippen LogP contribution in [0.25, 0.3) is 0 Å². The van der Waals surface area contributed by atoms with Gasteiger partial charge in [-0.1, -0.05) is 13.0 Å². The van der Waals surface area contributed by atoms with Gasteiger partial charge in [-0.25, -0.2) is 0 Å². The van der Waals surface area contributed by atoms with Crippen LogP contribution in [0.2, 0.25) is 0 Å². The third kappa shape index (κ3) is 1.76. The first kappa shape index (κ1) is 13.2. The number of aromatic hydroxyl groups is 1. The summed E-state index contributed by atoms with van der Waals surface area (Å²) in [5, 5.41) is 13.8. The summed E-state index contributed by atoms with van der Waals surface area (Å²) in [5.74, 6) is 8.23. The molecule has 4 rings (SSSR count). The molecule has 3 N–H and O–H groups in total. The lowest BCUT2D eigenvalue weighted by Gasteiger charge is -2.49.